The zero-order valence-electron chi connectivity index (χ0n) is 9.40. The van der Waals surface area contributed by atoms with E-state index in [1.165, 1.54) is 0 Å². The number of halogens is 2. The van der Waals surface area contributed by atoms with Crippen LogP contribution in [0, 0.1) is 5.82 Å². The summed E-state index contributed by atoms with van der Waals surface area (Å²) in [7, 11) is 0. The van der Waals surface area contributed by atoms with Crippen LogP contribution in [0.3, 0.4) is 0 Å². The lowest BCUT2D eigenvalue weighted by Gasteiger charge is -2.07. The molecule has 0 bridgehead atoms. The smallest absolute Gasteiger partial charge is 0.131 e. The molecule has 0 aliphatic heterocycles. The highest BCUT2D eigenvalue weighted by atomic mass is 79.9. The highest BCUT2D eigenvalue weighted by Gasteiger charge is 2.09. The van der Waals surface area contributed by atoms with Crippen LogP contribution in [0.4, 0.5) is 4.39 Å². The molecule has 0 amide bonds. The summed E-state index contributed by atoms with van der Waals surface area (Å²) in [6.45, 7) is 0. The van der Waals surface area contributed by atoms with Crippen LogP contribution in [0.5, 0.6) is 0 Å². The van der Waals surface area contributed by atoms with Gasteiger partial charge in [0.05, 0.1) is 0 Å². The first-order valence-corrected chi connectivity index (χ1v) is 6.33. The molecule has 3 rings (SSSR count). The van der Waals surface area contributed by atoms with Gasteiger partial charge in [0.25, 0.3) is 0 Å². The maximum atomic E-state index is 14.1. The Morgan fingerprint density at radius 2 is 1.67 bits per heavy atom. The molecular weight excluding hydrogens is 293 g/mol. The third-order valence-electron chi connectivity index (χ3n) is 2.90. The minimum Gasteiger partial charge on any atom is -0.264 e. The maximum Gasteiger partial charge on any atom is 0.131 e. The molecule has 1 aromatic heterocycles. The predicted octanol–water partition coefficient (Wildman–Crippen LogP) is 4.80. The van der Waals surface area contributed by atoms with E-state index < -0.39 is 0 Å². The van der Waals surface area contributed by atoms with Crippen LogP contribution in [0.2, 0.25) is 0 Å². The fourth-order valence-electron chi connectivity index (χ4n) is 2.01. The van der Waals surface area contributed by atoms with Crippen molar-refractivity contribution in [2.24, 2.45) is 0 Å². The molecule has 3 heteroatoms. The Balaban J connectivity index is 2.30. The van der Waals surface area contributed by atoms with Gasteiger partial charge in [0.1, 0.15) is 5.82 Å². The number of benzene rings is 2. The monoisotopic (exact) mass is 301 g/mol. The molecule has 1 nitrogen and oxygen atoms in total. The number of nitrogens with zero attached hydrogens (tertiary/aromatic N) is 1. The number of pyridine rings is 1. The molecule has 0 radical (unpaired) electrons. The molecular formula is C15H9BrFN. The molecule has 0 spiro atoms. The Kier molecular flexibility index (Phi) is 2.84. The third kappa shape index (κ3) is 1.91. The quantitative estimate of drug-likeness (QED) is 0.629. The van der Waals surface area contributed by atoms with E-state index in [0.29, 0.717) is 5.56 Å². The van der Waals surface area contributed by atoms with E-state index in [9.17, 15) is 4.39 Å². The van der Waals surface area contributed by atoms with E-state index >= 15 is 0 Å². The molecule has 2 aromatic carbocycles. The zero-order valence-corrected chi connectivity index (χ0v) is 11.0. The van der Waals surface area contributed by atoms with Crippen molar-refractivity contribution in [3.05, 3.63) is 65.1 Å². The predicted molar refractivity (Wildman–Crippen MR) is 74.8 cm³/mol. The lowest BCUT2D eigenvalue weighted by atomic mass is 10.0. The molecule has 0 aliphatic rings. The van der Waals surface area contributed by atoms with Gasteiger partial charge in [0.2, 0.25) is 0 Å². The van der Waals surface area contributed by atoms with Crippen molar-refractivity contribution >= 4 is 26.7 Å². The van der Waals surface area contributed by atoms with Crippen LogP contribution in [0.25, 0.3) is 21.9 Å². The second kappa shape index (κ2) is 4.50. The lowest BCUT2D eigenvalue weighted by molar-refractivity contribution is 0.633. The van der Waals surface area contributed by atoms with Crippen molar-refractivity contribution in [1.29, 1.82) is 0 Å². The van der Waals surface area contributed by atoms with Crippen molar-refractivity contribution in [2.75, 3.05) is 0 Å². The van der Waals surface area contributed by atoms with Crippen LogP contribution in [-0.2, 0) is 0 Å². The van der Waals surface area contributed by atoms with Gasteiger partial charge >= 0.3 is 0 Å². The minimum atomic E-state index is -0.222. The van der Waals surface area contributed by atoms with E-state index in [2.05, 4.69) is 20.9 Å². The SMILES string of the molecule is Fc1cc2ccccc2cc1-c1ccncc1Br. The van der Waals surface area contributed by atoms with E-state index in [0.717, 1.165) is 20.8 Å². The summed E-state index contributed by atoms with van der Waals surface area (Å²) in [5.41, 5.74) is 1.40. The number of fused-ring (bicyclic) bond motifs is 1. The summed E-state index contributed by atoms with van der Waals surface area (Å²) in [4.78, 5) is 3.99. The van der Waals surface area contributed by atoms with E-state index in [1.807, 2.05) is 30.3 Å². The first-order chi connectivity index (χ1) is 8.75. The molecule has 3 aromatic rings. The van der Waals surface area contributed by atoms with Gasteiger partial charge in [-0.25, -0.2) is 4.39 Å². The first kappa shape index (κ1) is 11.4. The van der Waals surface area contributed by atoms with E-state index in [-0.39, 0.29) is 5.82 Å². The highest BCUT2D eigenvalue weighted by Crippen LogP contribution is 2.32. The Labute approximate surface area is 112 Å². The fraction of sp³-hybridized carbons (Fsp3) is 0. The normalized spacial score (nSPS) is 10.8. The van der Waals surface area contributed by atoms with Crippen molar-refractivity contribution < 1.29 is 4.39 Å². The highest BCUT2D eigenvalue weighted by molar-refractivity contribution is 9.10. The van der Waals surface area contributed by atoms with Crippen LogP contribution < -0.4 is 0 Å². The summed E-state index contributed by atoms with van der Waals surface area (Å²) >= 11 is 3.40. The summed E-state index contributed by atoms with van der Waals surface area (Å²) in [5.74, 6) is -0.222. The van der Waals surface area contributed by atoms with Gasteiger partial charge in [-0.1, -0.05) is 24.3 Å². The van der Waals surface area contributed by atoms with Crippen molar-refractivity contribution in [3.8, 4) is 11.1 Å². The average Bonchev–Trinajstić information content (AvgIpc) is 2.39. The molecule has 0 aliphatic carbocycles. The second-order valence-electron chi connectivity index (χ2n) is 4.03. The van der Waals surface area contributed by atoms with Crippen molar-refractivity contribution in [1.82, 2.24) is 4.98 Å². The number of aromatic nitrogens is 1. The molecule has 0 fully saturated rings. The van der Waals surface area contributed by atoms with Gasteiger partial charge in [-0.3, -0.25) is 4.98 Å². The lowest BCUT2D eigenvalue weighted by Crippen LogP contribution is -1.87. The van der Waals surface area contributed by atoms with Crippen LogP contribution in [0.1, 0.15) is 0 Å². The van der Waals surface area contributed by atoms with Gasteiger partial charge in [-0.05, 0) is 44.9 Å². The Morgan fingerprint density at radius 1 is 0.944 bits per heavy atom. The van der Waals surface area contributed by atoms with Gasteiger partial charge < -0.3 is 0 Å². The number of hydrogen-bond donors (Lipinski definition) is 0. The number of rotatable bonds is 1. The van der Waals surface area contributed by atoms with Crippen molar-refractivity contribution in [3.63, 3.8) is 0 Å². The summed E-state index contributed by atoms with van der Waals surface area (Å²) in [6.07, 6.45) is 3.33. The zero-order chi connectivity index (χ0) is 12.5. The Bertz CT molecular complexity index is 725. The van der Waals surface area contributed by atoms with Gasteiger partial charge in [0, 0.05) is 28.0 Å². The van der Waals surface area contributed by atoms with Gasteiger partial charge in [-0.15, -0.1) is 0 Å². The molecule has 0 saturated heterocycles. The Hall–Kier alpha value is -1.74. The standard InChI is InChI=1S/C15H9BrFN/c16-14-9-18-6-5-12(14)13-7-10-3-1-2-4-11(10)8-15(13)17/h1-9H. The van der Waals surface area contributed by atoms with Crippen molar-refractivity contribution in [2.45, 2.75) is 0 Å². The molecule has 0 N–H and O–H groups in total. The summed E-state index contributed by atoms with van der Waals surface area (Å²) < 4.78 is 14.9. The molecule has 18 heavy (non-hydrogen) atoms. The van der Waals surface area contributed by atoms with Crippen LogP contribution in [0.15, 0.2) is 59.3 Å². The molecule has 0 saturated carbocycles. The van der Waals surface area contributed by atoms with E-state index in [4.69, 9.17) is 0 Å². The van der Waals surface area contributed by atoms with Crippen LogP contribution >= 0.6 is 15.9 Å². The molecule has 88 valence electrons. The number of hydrogen-bond acceptors (Lipinski definition) is 1. The third-order valence-corrected chi connectivity index (χ3v) is 3.53. The molecule has 1 heterocycles. The molecule has 0 unspecified atom stereocenters. The topological polar surface area (TPSA) is 12.9 Å². The van der Waals surface area contributed by atoms with Gasteiger partial charge in [-0.2, -0.15) is 0 Å². The first-order valence-electron chi connectivity index (χ1n) is 5.54. The average molecular weight is 302 g/mol. The van der Waals surface area contributed by atoms with Gasteiger partial charge in [0.15, 0.2) is 0 Å². The second-order valence-corrected chi connectivity index (χ2v) is 4.89. The minimum absolute atomic E-state index is 0.222. The largest absolute Gasteiger partial charge is 0.264 e. The summed E-state index contributed by atoms with van der Waals surface area (Å²) in [6, 6.07) is 13.0. The fourth-order valence-corrected chi connectivity index (χ4v) is 2.48. The molecule has 0 atom stereocenters. The van der Waals surface area contributed by atoms with E-state index in [1.54, 1.807) is 24.5 Å². The Morgan fingerprint density at radius 3 is 2.39 bits per heavy atom. The maximum absolute atomic E-state index is 14.1. The summed E-state index contributed by atoms with van der Waals surface area (Å²) in [5, 5.41) is 1.93. The van der Waals surface area contributed by atoms with Crippen LogP contribution in [-0.4, -0.2) is 4.98 Å².